The van der Waals surface area contributed by atoms with E-state index < -0.39 is 5.97 Å². The second-order valence-electron chi connectivity index (χ2n) is 3.67. The fourth-order valence-electron chi connectivity index (χ4n) is 1.77. The first-order valence-electron chi connectivity index (χ1n) is 4.44. The molecule has 0 bridgehead atoms. The van der Waals surface area contributed by atoms with Gasteiger partial charge in [-0.1, -0.05) is 30.1 Å². The second-order valence-corrected chi connectivity index (χ2v) is 4.38. The number of carboxylic acid groups (broad SMARTS) is 1. The van der Waals surface area contributed by atoms with Crippen molar-refractivity contribution in [2.45, 2.75) is 6.92 Å². The number of nitrogens with zero attached hydrogens (tertiary/aromatic N) is 1. The van der Waals surface area contributed by atoms with Crippen molar-refractivity contribution >= 4 is 29.2 Å². The minimum atomic E-state index is -0.731. The molecule has 0 unspecified atom stereocenters. The van der Waals surface area contributed by atoms with Crippen molar-refractivity contribution in [1.29, 1.82) is 0 Å². The molecule has 1 N–H and O–H groups in total. The highest BCUT2D eigenvalue weighted by atomic mass is 35.5. The van der Waals surface area contributed by atoms with E-state index in [-0.39, 0.29) is 11.8 Å². The van der Waals surface area contributed by atoms with Gasteiger partial charge in [0.05, 0.1) is 5.92 Å². The van der Waals surface area contributed by atoms with Gasteiger partial charge in [0.1, 0.15) is 0 Å². The summed E-state index contributed by atoms with van der Waals surface area (Å²) in [6, 6.07) is 0. The lowest BCUT2D eigenvalue weighted by Gasteiger charge is -2.13. The smallest absolute Gasteiger partial charge is 0.308 e. The van der Waals surface area contributed by atoms with Gasteiger partial charge in [-0.25, -0.2) is 0 Å². The van der Waals surface area contributed by atoms with Crippen LogP contribution in [0, 0.1) is 11.8 Å². The molecule has 0 radical (unpaired) electrons. The lowest BCUT2D eigenvalue weighted by atomic mass is 9.99. The summed E-state index contributed by atoms with van der Waals surface area (Å²) in [5.74, 6) is -0.840. The van der Waals surface area contributed by atoms with Crippen molar-refractivity contribution in [3.05, 3.63) is 10.6 Å². The van der Waals surface area contributed by atoms with E-state index in [0.29, 0.717) is 18.1 Å². The SMILES string of the molecule is C[C@@H]1CN(CC(Cl)=CCl)C[C@H]1C(=O)O. The van der Waals surface area contributed by atoms with E-state index >= 15 is 0 Å². The highest BCUT2D eigenvalue weighted by molar-refractivity contribution is 6.36. The largest absolute Gasteiger partial charge is 0.481 e. The minimum Gasteiger partial charge on any atom is -0.481 e. The summed E-state index contributed by atoms with van der Waals surface area (Å²) in [6.45, 7) is 3.80. The number of carbonyl (C=O) groups is 1. The molecular weight excluding hydrogens is 225 g/mol. The number of aliphatic carboxylic acids is 1. The summed E-state index contributed by atoms with van der Waals surface area (Å²) in [6.07, 6.45) is 0. The molecule has 0 amide bonds. The Morgan fingerprint density at radius 2 is 2.29 bits per heavy atom. The summed E-state index contributed by atoms with van der Waals surface area (Å²) in [4.78, 5) is 12.8. The Bertz CT molecular complexity index is 255. The first-order chi connectivity index (χ1) is 6.54. The van der Waals surface area contributed by atoms with E-state index in [4.69, 9.17) is 28.3 Å². The van der Waals surface area contributed by atoms with E-state index in [1.807, 2.05) is 11.8 Å². The van der Waals surface area contributed by atoms with Crippen LogP contribution in [0.2, 0.25) is 0 Å². The number of likely N-dealkylation sites (tertiary alicyclic amines) is 1. The molecular formula is C9H13Cl2NO2. The van der Waals surface area contributed by atoms with E-state index in [1.54, 1.807) is 0 Å². The molecule has 80 valence electrons. The lowest BCUT2D eigenvalue weighted by Crippen LogP contribution is -2.24. The van der Waals surface area contributed by atoms with E-state index in [1.165, 1.54) is 5.54 Å². The third-order valence-corrected chi connectivity index (χ3v) is 3.10. The molecule has 0 aliphatic carbocycles. The highest BCUT2D eigenvalue weighted by Crippen LogP contribution is 2.24. The van der Waals surface area contributed by atoms with Crippen LogP contribution in [0.4, 0.5) is 0 Å². The fourth-order valence-corrected chi connectivity index (χ4v) is 2.00. The molecule has 14 heavy (non-hydrogen) atoms. The maximum atomic E-state index is 10.8. The molecule has 0 spiro atoms. The average molecular weight is 238 g/mol. The van der Waals surface area contributed by atoms with Crippen LogP contribution in [0.25, 0.3) is 0 Å². The molecule has 0 aromatic heterocycles. The summed E-state index contributed by atoms with van der Waals surface area (Å²) >= 11 is 11.2. The summed E-state index contributed by atoms with van der Waals surface area (Å²) < 4.78 is 0. The molecule has 0 aromatic carbocycles. The molecule has 5 heteroatoms. The number of carboxylic acids is 1. The predicted octanol–water partition coefficient (Wildman–Crippen LogP) is 1.96. The molecule has 1 fully saturated rings. The van der Waals surface area contributed by atoms with Gasteiger partial charge in [-0.05, 0) is 5.92 Å². The Hall–Kier alpha value is -0.250. The van der Waals surface area contributed by atoms with Crippen LogP contribution in [0.15, 0.2) is 10.6 Å². The monoisotopic (exact) mass is 237 g/mol. The third-order valence-electron chi connectivity index (χ3n) is 2.50. The predicted molar refractivity (Wildman–Crippen MR) is 56.5 cm³/mol. The molecule has 1 heterocycles. The van der Waals surface area contributed by atoms with Crippen LogP contribution in [0.5, 0.6) is 0 Å². The Morgan fingerprint density at radius 1 is 1.64 bits per heavy atom. The van der Waals surface area contributed by atoms with Crippen LogP contribution in [0.1, 0.15) is 6.92 Å². The zero-order chi connectivity index (χ0) is 10.7. The van der Waals surface area contributed by atoms with Crippen LogP contribution >= 0.6 is 23.2 Å². The number of hydrogen-bond donors (Lipinski definition) is 1. The first-order valence-corrected chi connectivity index (χ1v) is 5.26. The number of rotatable bonds is 3. The average Bonchev–Trinajstić information content (AvgIpc) is 2.46. The highest BCUT2D eigenvalue weighted by Gasteiger charge is 2.34. The molecule has 2 atom stereocenters. The Kier molecular flexibility index (Phi) is 4.23. The van der Waals surface area contributed by atoms with Gasteiger partial charge in [-0.3, -0.25) is 9.69 Å². The van der Waals surface area contributed by atoms with E-state index in [2.05, 4.69) is 0 Å². The van der Waals surface area contributed by atoms with Gasteiger partial charge in [0.25, 0.3) is 0 Å². The fraction of sp³-hybridized carbons (Fsp3) is 0.667. The first kappa shape index (κ1) is 11.8. The van der Waals surface area contributed by atoms with Gasteiger partial charge in [0.2, 0.25) is 0 Å². The Balaban J connectivity index is 2.51. The van der Waals surface area contributed by atoms with Gasteiger partial charge in [0.15, 0.2) is 0 Å². The maximum Gasteiger partial charge on any atom is 0.308 e. The molecule has 1 saturated heterocycles. The maximum absolute atomic E-state index is 10.8. The standard InChI is InChI=1S/C9H13Cl2NO2/c1-6-3-12(4-7(11)2-10)5-8(6)9(13)14/h2,6,8H,3-5H2,1H3,(H,13,14)/t6-,8-/m1/s1. The molecule has 1 rings (SSSR count). The summed E-state index contributed by atoms with van der Waals surface area (Å²) in [5, 5.41) is 9.44. The van der Waals surface area contributed by atoms with Crippen molar-refractivity contribution in [3.8, 4) is 0 Å². The van der Waals surface area contributed by atoms with Crippen LogP contribution in [0.3, 0.4) is 0 Å². The van der Waals surface area contributed by atoms with E-state index in [0.717, 1.165) is 6.54 Å². The van der Waals surface area contributed by atoms with Crippen LogP contribution in [-0.4, -0.2) is 35.6 Å². The van der Waals surface area contributed by atoms with Crippen molar-refractivity contribution in [1.82, 2.24) is 4.90 Å². The molecule has 1 aliphatic rings. The summed E-state index contributed by atoms with van der Waals surface area (Å²) in [5.41, 5.74) is 1.32. The van der Waals surface area contributed by atoms with Gasteiger partial charge >= 0.3 is 5.97 Å². The molecule has 0 saturated carbocycles. The van der Waals surface area contributed by atoms with Crippen LogP contribution in [-0.2, 0) is 4.79 Å². The van der Waals surface area contributed by atoms with Gasteiger partial charge in [-0.15, -0.1) is 0 Å². The number of hydrogen-bond acceptors (Lipinski definition) is 2. The van der Waals surface area contributed by atoms with E-state index in [9.17, 15) is 4.79 Å². The topological polar surface area (TPSA) is 40.5 Å². The number of halogens is 2. The Morgan fingerprint density at radius 3 is 2.71 bits per heavy atom. The van der Waals surface area contributed by atoms with Crippen molar-refractivity contribution in [3.63, 3.8) is 0 Å². The molecule has 1 aliphatic heterocycles. The van der Waals surface area contributed by atoms with Gasteiger partial charge in [-0.2, -0.15) is 0 Å². The third kappa shape index (κ3) is 2.87. The Labute approximate surface area is 93.3 Å². The lowest BCUT2D eigenvalue weighted by molar-refractivity contribution is -0.142. The quantitative estimate of drug-likeness (QED) is 0.816. The minimum absolute atomic E-state index is 0.173. The van der Waals surface area contributed by atoms with Crippen LogP contribution < -0.4 is 0 Å². The van der Waals surface area contributed by atoms with Crippen molar-refractivity contribution in [2.75, 3.05) is 19.6 Å². The zero-order valence-electron chi connectivity index (χ0n) is 7.91. The zero-order valence-corrected chi connectivity index (χ0v) is 9.42. The summed E-state index contributed by atoms with van der Waals surface area (Å²) in [7, 11) is 0. The van der Waals surface area contributed by atoms with Crippen molar-refractivity contribution in [2.24, 2.45) is 11.8 Å². The normalized spacial score (nSPS) is 29.5. The second kappa shape index (κ2) is 5.01. The van der Waals surface area contributed by atoms with Gasteiger partial charge in [0, 0.05) is 30.2 Å². The molecule has 0 aromatic rings. The van der Waals surface area contributed by atoms with Gasteiger partial charge < -0.3 is 5.11 Å². The molecule has 3 nitrogen and oxygen atoms in total. The van der Waals surface area contributed by atoms with Crippen molar-refractivity contribution < 1.29 is 9.90 Å².